The molecule has 0 radical (unpaired) electrons. The van der Waals surface area contributed by atoms with Crippen molar-refractivity contribution in [3.63, 3.8) is 0 Å². The number of rotatable bonds is 19. The van der Waals surface area contributed by atoms with Crippen molar-refractivity contribution < 1.29 is 4.57 Å². The highest BCUT2D eigenvalue weighted by Gasteiger charge is 2.18. The van der Waals surface area contributed by atoms with Gasteiger partial charge in [0.1, 0.15) is 18.1 Å². The predicted octanol–water partition coefficient (Wildman–Crippen LogP) is 8.59. The second-order valence-electron chi connectivity index (χ2n) is 9.31. The summed E-state index contributed by atoms with van der Waals surface area (Å²) in [5.74, 6) is 1.48. The zero-order valence-electron chi connectivity index (χ0n) is 20.7. The molecule has 2 heteroatoms. The summed E-state index contributed by atoms with van der Waals surface area (Å²) in [6.07, 6.45) is 28.0. The summed E-state index contributed by atoms with van der Waals surface area (Å²) in [5.41, 5.74) is 1.30. The summed E-state index contributed by atoms with van der Waals surface area (Å²) in [6.45, 7) is 5.75. The minimum Gasteiger partial charge on any atom is -0.234 e. The summed E-state index contributed by atoms with van der Waals surface area (Å²) >= 11 is 0. The Balaban J connectivity index is 1.71. The topological polar surface area (TPSA) is 8.81 Å². The molecule has 0 bridgehead atoms. The van der Waals surface area contributed by atoms with E-state index in [1.54, 1.807) is 0 Å². The van der Waals surface area contributed by atoms with Gasteiger partial charge in [-0.3, -0.25) is 0 Å². The molecule has 174 valence electrons. The Morgan fingerprint density at radius 1 is 0.613 bits per heavy atom. The first-order valence-electron chi connectivity index (χ1n) is 13.5. The smallest absolute Gasteiger partial charge is 0.234 e. The molecule has 31 heavy (non-hydrogen) atoms. The molecular formula is C29H49N2+. The number of imidazole rings is 1. The summed E-state index contributed by atoms with van der Waals surface area (Å²) in [4.78, 5) is 0. The van der Waals surface area contributed by atoms with Crippen LogP contribution in [0.25, 0.3) is 5.69 Å². The van der Waals surface area contributed by atoms with E-state index in [1.165, 1.54) is 121 Å². The largest absolute Gasteiger partial charge is 0.261 e. The first kappa shape index (κ1) is 25.7. The molecule has 0 aliphatic rings. The molecule has 2 nitrogen and oxygen atoms in total. The van der Waals surface area contributed by atoms with Crippen molar-refractivity contribution in [3.05, 3.63) is 48.5 Å². The fourth-order valence-corrected chi connectivity index (χ4v) is 4.58. The highest BCUT2D eigenvalue weighted by Crippen LogP contribution is 2.15. The fourth-order valence-electron chi connectivity index (χ4n) is 4.58. The van der Waals surface area contributed by atoms with Gasteiger partial charge in [0.15, 0.2) is 0 Å². The molecule has 0 aliphatic heterocycles. The van der Waals surface area contributed by atoms with Gasteiger partial charge in [-0.2, -0.15) is 4.57 Å². The molecule has 2 aromatic rings. The SMILES string of the molecule is CCCCCCCCCCCCCCc1n(-c2ccccc2)cc[n+]1CCCCCC. The molecule has 1 aromatic carbocycles. The molecule has 0 atom stereocenters. The van der Waals surface area contributed by atoms with Crippen LogP contribution in [-0.4, -0.2) is 4.57 Å². The zero-order valence-corrected chi connectivity index (χ0v) is 20.7. The minimum absolute atomic E-state index is 1.16. The molecule has 0 fully saturated rings. The van der Waals surface area contributed by atoms with Gasteiger partial charge in [0, 0.05) is 6.42 Å². The maximum absolute atomic E-state index is 2.52. The summed E-state index contributed by atoms with van der Waals surface area (Å²) < 4.78 is 4.93. The Morgan fingerprint density at radius 3 is 1.71 bits per heavy atom. The lowest BCUT2D eigenvalue weighted by atomic mass is 10.0. The number of hydrogen-bond donors (Lipinski definition) is 0. The Bertz CT molecular complexity index is 659. The van der Waals surface area contributed by atoms with Gasteiger partial charge >= 0.3 is 0 Å². The van der Waals surface area contributed by atoms with Crippen molar-refractivity contribution in [1.29, 1.82) is 0 Å². The van der Waals surface area contributed by atoms with E-state index in [2.05, 4.69) is 65.7 Å². The first-order valence-corrected chi connectivity index (χ1v) is 13.5. The van der Waals surface area contributed by atoms with Gasteiger partial charge in [0.05, 0.1) is 6.54 Å². The third-order valence-electron chi connectivity index (χ3n) is 6.55. The lowest BCUT2D eigenvalue weighted by molar-refractivity contribution is -0.704. The number of nitrogens with zero attached hydrogens (tertiary/aromatic N) is 2. The summed E-state index contributed by atoms with van der Waals surface area (Å²) in [6, 6.07) is 10.9. The van der Waals surface area contributed by atoms with Crippen LogP contribution in [0.4, 0.5) is 0 Å². The second-order valence-corrected chi connectivity index (χ2v) is 9.31. The van der Waals surface area contributed by atoms with Crippen LogP contribution >= 0.6 is 0 Å². The van der Waals surface area contributed by atoms with Crippen molar-refractivity contribution in [2.24, 2.45) is 0 Å². The number of aryl methyl sites for hydroxylation is 1. The van der Waals surface area contributed by atoms with E-state index in [-0.39, 0.29) is 0 Å². The number of para-hydroxylation sites is 1. The maximum atomic E-state index is 2.52. The quantitative estimate of drug-likeness (QED) is 0.157. The third-order valence-corrected chi connectivity index (χ3v) is 6.55. The molecule has 0 N–H and O–H groups in total. The van der Waals surface area contributed by atoms with Gasteiger partial charge in [-0.25, -0.2) is 4.57 Å². The molecule has 0 saturated heterocycles. The van der Waals surface area contributed by atoms with E-state index >= 15 is 0 Å². The number of aromatic nitrogens is 2. The second kappa shape index (κ2) is 17.0. The van der Waals surface area contributed by atoms with Crippen molar-refractivity contribution in [3.8, 4) is 5.69 Å². The molecule has 0 aliphatic carbocycles. The van der Waals surface area contributed by atoms with Crippen LogP contribution in [0.5, 0.6) is 0 Å². The van der Waals surface area contributed by atoms with E-state index in [0.717, 1.165) is 6.54 Å². The molecule has 0 amide bonds. The van der Waals surface area contributed by atoms with E-state index < -0.39 is 0 Å². The molecular weight excluding hydrogens is 376 g/mol. The third kappa shape index (κ3) is 10.5. The number of hydrogen-bond acceptors (Lipinski definition) is 0. The highest BCUT2D eigenvalue weighted by molar-refractivity contribution is 5.31. The minimum atomic E-state index is 1.16. The first-order chi connectivity index (χ1) is 15.4. The standard InChI is InChI=1S/C29H49N2/c1-3-5-7-9-10-11-12-13-14-15-16-20-24-29-30(25-21-8-6-4-2)26-27-31(29)28-22-18-17-19-23-28/h17-19,22-23,26-27H,3-16,20-21,24-25H2,1-2H3/q+1. The Hall–Kier alpha value is -1.57. The van der Waals surface area contributed by atoms with Crippen molar-refractivity contribution in [2.45, 2.75) is 130 Å². The van der Waals surface area contributed by atoms with E-state index in [9.17, 15) is 0 Å². The van der Waals surface area contributed by atoms with Crippen LogP contribution in [0.3, 0.4) is 0 Å². The molecule has 2 rings (SSSR count). The average Bonchev–Trinajstić information content (AvgIpc) is 3.20. The zero-order chi connectivity index (χ0) is 22.0. The monoisotopic (exact) mass is 425 g/mol. The fraction of sp³-hybridized carbons (Fsp3) is 0.690. The van der Waals surface area contributed by atoms with Crippen LogP contribution in [0.15, 0.2) is 42.7 Å². The Labute approximate surface area is 193 Å². The van der Waals surface area contributed by atoms with Gasteiger partial charge < -0.3 is 0 Å². The predicted molar refractivity (Wildman–Crippen MR) is 135 cm³/mol. The normalized spacial score (nSPS) is 11.3. The maximum Gasteiger partial charge on any atom is 0.261 e. The average molecular weight is 426 g/mol. The van der Waals surface area contributed by atoms with E-state index in [4.69, 9.17) is 0 Å². The van der Waals surface area contributed by atoms with Gasteiger partial charge in [0.2, 0.25) is 0 Å². The van der Waals surface area contributed by atoms with Crippen molar-refractivity contribution in [2.75, 3.05) is 0 Å². The lowest BCUT2D eigenvalue weighted by Gasteiger charge is -2.06. The Morgan fingerprint density at radius 2 is 1.13 bits per heavy atom. The highest BCUT2D eigenvalue weighted by atomic mass is 15.1. The number of benzene rings is 1. The van der Waals surface area contributed by atoms with Crippen LogP contribution in [0.2, 0.25) is 0 Å². The van der Waals surface area contributed by atoms with Gasteiger partial charge in [0.25, 0.3) is 5.82 Å². The molecule has 0 saturated carbocycles. The van der Waals surface area contributed by atoms with E-state index in [0.29, 0.717) is 0 Å². The van der Waals surface area contributed by atoms with Crippen LogP contribution in [-0.2, 0) is 13.0 Å². The summed E-state index contributed by atoms with van der Waals surface area (Å²) in [7, 11) is 0. The van der Waals surface area contributed by atoms with Crippen molar-refractivity contribution >= 4 is 0 Å². The Kier molecular flexibility index (Phi) is 14.1. The molecule has 0 unspecified atom stereocenters. The van der Waals surface area contributed by atoms with Crippen molar-refractivity contribution in [1.82, 2.24) is 4.57 Å². The van der Waals surface area contributed by atoms with Crippen LogP contribution in [0.1, 0.15) is 122 Å². The van der Waals surface area contributed by atoms with Gasteiger partial charge in [-0.15, -0.1) is 0 Å². The number of unbranched alkanes of at least 4 members (excludes halogenated alkanes) is 14. The van der Waals surface area contributed by atoms with E-state index in [1.807, 2.05) is 0 Å². The lowest BCUT2D eigenvalue weighted by Crippen LogP contribution is -2.37. The van der Waals surface area contributed by atoms with Crippen LogP contribution in [0, 0.1) is 0 Å². The summed E-state index contributed by atoms with van der Waals surface area (Å²) in [5, 5.41) is 0. The van der Waals surface area contributed by atoms with Gasteiger partial charge in [-0.05, 0) is 31.4 Å². The van der Waals surface area contributed by atoms with Crippen LogP contribution < -0.4 is 4.57 Å². The molecule has 1 heterocycles. The van der Waals surface area contributed by atoms with Gasteiger partial charge in [-0.1, -0.05) is 116 Å². The molecule has 0 spiro atoms. The molecule has 1 aromatic heterocycles.